The molecule has 0 spiro atoms. The summed E-state index contributed by atoms with van der Waals surface area (Å²) < 4.78 is 10.3. The number of carbonyl (C=O) groups is 2. The fourth-order valence-corrected chi connectivity index (χ4v) is 2.43. The van der Waals surface area contributed by atoms with Gasteiger partial charge < -0.3 is 14.8 Å². The van der Waals surface area contributed by atoms with Gasteiger partial charge in [0.25, 0.3) is 0 Å². The van der Waals surface area contributed by atoms with Crippen LogP contribution in [-0.2, 0) is 14.3 Å². The van der Waals surface area contributed by atoms with Crippen molar-refractivity contribution in [2.24, 2.45) is 0 Å². The zero-order chi connectivity index (χ0) is 17.3. The van der Waals surface area contributed by atoms with E-state index in [0.717, 1.165) is 31.4 Å². The summed E-state index contributed by atoms with van der Waals surface area (Å²) >= 11 is 1.63. The third-order valence-electron chi connectivity index (χ3n) is 3.41. The molecule has 23 heavy (non-hydrogen) atoms. The fraction of sp³-hybridized carbons (Fsp3) is 0.882. The van der Waals surface area contributed by atoms with Gasteiger partial charge in [-0.3, -0.25) is 0 Å². The first-order valence-corrected chi connectivity index (χ1v) is 10.1. The molecule has 1 amide bonds. The highest BCUT2D eigenvalue weighted by molar-refractivity contribution is 7.98. The van der Waals surface area contributed by atoms with Crippen molar-refractivity contribution in [3.8, 4) is 0 Å². The number of esters is 1. The maximum absolute atomic E-state index is 12.1. The van der Waals surface area contributed by atoms with Crippen LogP contribution in [0.25, 0.3) is 0 Å². The zero-order valence-corrected chi connectivity index (χ0v) is 15.7. The topological polar surface area (TPSA) is 64.6 Å². The summed E-state index contributed by atoms with van der Waals surface area (Å²) in [5, 5.41) is 2.62. The molecule has 5 nitrogen and oxygen atoms in total. The van der Waals surface area contributed by atoms with Gasteiger partial charge in [-0.15, -0.1) is 0 Å². The molecular formula is C17H33NO4S. The van der Waals surface area contributed by atoms with E-state index in [-0.39, 0.29) is 5.97 Å². The number of amides is 1. The largest absolute Gasteiger partial charge is 0.464 e. The molecule has 0 aliphatic rings. The number of carbonyl (C=O) groups excluding carboxylic acids is 2. The van der Waals surface area contributed by atoms with Crippen LogP contribution in [-0.4, -0.2) is 43.3 Å². The monoisotopic (exact) mass is 347 g/mol. The Bertz CT molecular complexity index is 313. The highest BCUT2D eigenvalue weighted by atomic mass is 32.2. The molecule has 0 aromatic rings. The summed E-state index contributed by atoms with van der Waals surface area (Å²) in [5.41, 5.74) is 0. The number of hydrogen-bond acceptors (Lipinski definition) is 5. The van der Waals surface area contributed by atoms with E-state index in [4.69, 9.17) is 9.47 Å². The molecule has 136 valence electrons. The number of thioether (sulfide) groups is 1. The molecule has 0 heterocycles. The third-order valence-corrected chi connectivity index (χ3v) is 4.05. The molecule has 0 saturated heterocycles. The van der Waals surface area contributed by atoms with Gasteiger partial charge in [0.1, 0.15) is 6.04 Å². The van der Waals surface area contributed by atoms with Crippen molar-refractivity contribution in [1.29, 1.82) is 0 Å². The average Bonchev–Trinajstić information content (AvgIpc) is 2.54. The molecule has 0 rings (SSSR count). The van der Waals surface area contributed by atoms with Crippen LogP contribution in [0.2, 0.25) is 0 Å². The van der Waals surface area contributed by atoms with Crippen LogP contribution in [0.3, 0.4) is 0 Å². The van der Waals surface area contributed by atoms with E-state index in [2.05, 4.69) is 12.2 Å². The van der Waals surface area contributed by atoms with E-state index < -0.39 is 12.1 Å². The van der Waals surface area contributed by atoms with Crippen LogP contribution in [0.4, 0.5) is 4.79 Å². The molecule has 0 fully saturated rings. The van der Waals surface area contributed by atoms with E-state index in [1.165, 1.54) is 19.3 Å². The molecule has 1 N–H and O–H groups in total. The molecule has 6 heteroatoms. The fourth-order valence-electron chi connectivity index (χ4n) is 1.96. The molecular weight excluding hydrogens is 314 g/mol. The van der Waals surface area contributed by atoms with E-state index in [1.807, 2.05) is 13.2 Å². The summed E-state index contributed by atoms with van der Waals surface area (Å²) in [7, 11) is 0. The Hall–Kier alpha value is -0.910. The molecule has 0 saturated carbocycles. The number of unbranched alkanes of at least 4 members (excludes halogenated alkanes) is 5. The lowest BCUT2D eigenvalue weighted by Crippen LogP contribution is -2.42. The minimum Gasteiger partial charge on any atom is -0.464 e. The first kappa shape index (κ1) is 22.1. The summed E-state index contributed by atoms with van der Waals surface area (Å²) in [5.74, 6) is 0.424. The van der Waals surface area contributed by atoms with E-state index >= 15 is 0 Å². The average molecular weight is 348 g/mol. The highest BCUT2D eigenvalue weighted by Gasteiger charge is 2.22. The maximum Gasteiger partial charge on any atom is 0.407 e. The number of nitrogens with one attached hydrogen (secondary N) is 1. The Morgan fingerprint density at radius 3 is 2.26 bits per heavy atom. The van der Waals surface area contributed by atoms with E-state index in [0.29, 0.717) is 19.6 Å². The Labute approximate surface area is 145 Å². The Morgan fingerprint density at radius 2 is 1.61 bits per heavy atom. The Kier molecular flexibility index (Phi) is 15.3. The summed E-state index contributed by atoms with van der Waals surface area (Å²) in [6.45, 7) is 5.00. The first-order valence-electron chi connectivity index (χ1n) is 8.74. The van der Waals surface area contributed by atoms with Crippen LogP contribution in [0.5, 0.6) is 0 Å². The normalized spacial score (nSPS) is 11.8. The lowest BCUT2D eigenvalue weighted by Gasteiger charge is -2.17. The highest BCUT2D eigenvalue weighted by Crippen LogP contribution is 2.06. The molecule has 0 bridgehead atoms. The van der Waals surface area contributed by atoms with Crippen molar-refractivity contribution in [1.82, 2.24) is 5.32 Å². The van der Waals surface area contributed by atoms with Crippen molar-refractivity contribution in [2.75, 3.05) is 25.2 Å². The summed E-state index contributed by atoms with van der Waals surface area (Å²) in [6.07, 6.45) is 9.31. The number of hydrogen-bond donors (Lipinski definition) is 1. The van der Waals surface area contributed by atoms with Gasteiger partial charge in [0.2, 0.25) is 0 Å². The van der Waals surface area contributed by atoms with Gasteiger partial charge in [-0.25, -0.2) is 9.59 Å². The summed E-state index contributed by atoms with van der Waals surface area (Å²) in [4.78, 5) is 23.8. The molecule has 1 unspecified atom stereocenters. The van der Waals surface area contributed by atoms with Crippen LogP contribution < -0.4 is 5.32 Å². The quantitative estimate of drug-likeness (QED) is 0.378. The van der Waals surface area contributed by atoms with Gasteiger partial charge in [0, 0.05) is 0 Å². The van der Waals surface area contributed by atoms with Gasteiger partial charge in [0.05, 0.1) is 13.2 Å². The number of alkyl carbamates (subject to hydrolysis) is 1. The van der Waals surface area contributed by atoms with Crippen LogP contribution in [0, 0.1) is 0 Å². The van der Waals surface area contributed by atoms with Gasteiger partial charge in [0.15, 0.2) is 0 Å². The summed E-state index contributed by atoms with van der Waals surface area (Å²) in [6, 6.07) is -0.618. The Balaban J connectivity index is 4.08. The lowest BCUT2D eigenvalue weighted by atomic mass is 10.2. The second kappa shape index (κ2) is 16.0. The lowest BCUT2D eigenvalue weighted by molar-refractivity contribution is -0.146. The molecule has 0 aromatic heterocycles. The van der Waals surface area contributed by atoms with E-state index in [1.54, 1.807) is 11.8 Å². The number of rotatable bonds is 14. The molecule has 0 aromatic carbocycles. The van der Waals surface area contributed by atoms with Gasteiger partial charge in [-0.1, -0.05) is 46.0 Å². The zero-order valence-electron chi connectivity index (χ0n) is 14.9. The smallest absolute Gasteiger partial charge is 0.407 e. The van der Waals surface area contributed by atoms with Gasteiger partial charge >= 0.3 is 12.1 Å². The SMILES string of the molecule is CCCCCCCOC(=O)C(CCSC)NC(=O)OCCCC. The second-order valence-electron chi connectivity index (χ2n) is 5.55. The molecule has 0 aliphatic heterocycles. The van der Waals surface area contributed by atoms with Crippen LogP contribution in [0.15, 0.2) is 0 Å². The molecule has 0 aliphatic carbocycles. The second-order valence-corrected chi connectivity index (χ2v) is 6.54. The van der Waals surface area contributed by atoms with Crippen LogP contribution >= 0.6 is 11.8 Å². The first-order chi connectivity index (χ1) is 11.2. The number of ether oxygens (including phenoxy) is 2. The third kappa shape index (κ3) is 13.2. The maximum atomic E-state index is 12.1. The molecule has 0 radical (unpaired) electrons. The minimum atomic E-state index is -0.618. The van der Waals surface area contributed by atoms with Gasteiger partial charge in [-0.2, -0.15) is 11.8 Å². The Morgan fingerprint density at radius 1 is 0.957 bits per heavy atom. The van der Waals surface area contributed by atoms with E-state index in [9.17, 15) is 9.59 Å². The van der Waals surface area contributed by atoms with Crippen molar-refractivity contribution in [2.45, 2.75) is 71.3 Å². The predicted molar refractivity (Wildman–Crippen MR) is 95.9 cm³/mol. The van der Waals surface area contributed by atoms with Crippen molar-refractivity contribution >= 4 is 23.8 Å². The van der Waals surface area contributed by atoms with Crippen molar-refractivity contribution in [3.05, 3.63) is 0 Å². The minimum absolute atomic E-state index is 0.359. The standard InChI is InChI=1S/C17H33NO4S/c1-4-6-8-9-10-13-21-16(19)15(11-14-23-3)18-17(20)22-12-7-5-2/h15H,4-14H2,1-3H3,(H,18,20). The van der Waals surface area contributed by atoms with Crippen LogP contribution in [0.1, 0.15) is 65.2 Å². The predicted octanol–water partition coefficient (Wildman–Crippen LogP) is 4.15. The molecule has 1 atom stereocenters. The van der Waals surface area contributed by atoms with Gasteiger partial charge in [-0.05, 0) is 31.3 Å². The van der Waals surface area contributed by atoms with Crippen molar-refractivity contribution < 1.29 is 19.1 Å². The van der Waals surface area contributed by atoms with Crippen molar-refractivity contribution in [3.63, 3.8) is 0 Å².